The van der Waals surface area contributed by atoms with E-state index < -0.39 is 0 Å². The van der Waals surface area contributed by atoms with Crippen molar-refractivity contribution in [2.45, 2.75) is 18.9 Å². The fourth-order valence-corrected chi connectivity index (χ4v) is 3.57. The van der Waals surface area contributed by atoms with Crippen molar-refractivity contribution in [2.75, 3.05) is 39.4 Å². The van der Waals surface area contributed by atoms with Crippen LogP contribution in [0.1, 0.15) is 30.0 Å². The molecule has 0 bridgehead atoms. The molecule has 1 N–H and O–H groups in total. The molecular formula is C17H25Cl2N3O. The quantitative estimate of drug-likeness (QED) is 0.903. The van der Waals surface area contributed by atoms with Crippen LogP contribution in [0.15, 0.2) is 24.3 Å². The van der Waals surface area contributed by atoms with Crippen LogP contribution >= 0.6 is 24.8 Å². The van der Waals surface area contributed by atoms with E-state index in [2.05, 4.69) is 28.4 Å². The van der Waals surface area contributed by atoms with Crippen molar-refractivity contribution >= 4 is 24.8 Å². The van der Waals surface area contributed by atoms with E-state index in [1.165, 1.54) is 5.56 Å². The Morgan fingerprint density at radius 2 is 1.87 bits per heavy atom. The highest BCUT2D eigenvalue weighted by atomic mass is 35.5. The van der Waals surface area contributed by atoms with Gasteiger partial charge in [0, 0.05) is 45.4 Å². The Hall–Kier alpha value is -0.830. The molecule has 128 valence electrons. The summed E-state index contributed by atoms with van der Waals surface area (Å²) in [6.07, 6.45) is 2.23. The summed E-state index contributed by atoms with van der Waals surface area (Å²) in [6, 6.07) is 10.9. The standard InChI is InChI=1S/C17H23N3O.2ClH/c18-13-14-2-1-3-16(12-14)17(15-4-10-21-11-5-15)20-8-6-19-7-9-20;;/h1-3,12,15,17,19H,4-11H2;2*1H/t17-;;/m1../s1. The largest absolute Gasteiger partial charge is 0.381 e. The number of nitrogens with zero attached hydrogens (tertiary/aromatic N) is 2. The molecule has 1 aromatic carbocycles. The van der Waals surface area contributed by atoms with Gasteiger partial charge in [-0.15, -0.1) is 24.8 Å². The maximum Gasteiger partial charge on any atom is 0.0991 e. The van der Waals surface area contributed by atoms with Gasteiger partial charge < -0.3 is 10.1 Å². The third-order valence-corrected chi connectivity index (χ3v) is 4.61. The van der Waals surface area contributed by atoms with Gasteiger partial charge in [-0.1, -0.05) is 12.1 Å². The summed E-state index contributed by atoms with van der Waals surface area (Å²) in [5, 5.41) is 12.6. The molecule has 0 amide bonds. The molecule has 2 fully saturated rings. The lowest BCUT2D eigenvalue weighted by Crippen LogP contribution is -2.47. The number of nitriles is 1. The minimum Gasteiger partial charge on any atom is -0.381 e. The number of ether oxygens (including phenoxy) is 1. The second kappa shape index (κ2) is 10.1. The first-order chi connectivity index (χ1) is 10.4. The Bertz CT molecular complexity index is 491. The molecule has 2 saturated heterocycles. The van der Waals surface area contributed by atoms with Crippen LogP contribution in [0.25, 0.3) is 0 Å². The van der Waals surface area contributed by atoms with E-state index in [0.29, 0.717) is 12.0 Å². The molecule has 0 unspecified atom stereocenters. The van der Waals surface area contributed by atoms with Gasteiger partial charge in [0.15, 0.2) is 0 Å². The molecule has 4 nitrogen and oxygen atoms in total. The fourth-order valence-electron chi connectivity index (χ4n) is 3.57. The van der Waals surface area contributed by atoms with Crippen molar-refractivity contribution in [3.05, 3.63) is 35.4 Å². The maximum absolute atomic E-state index is 9.17. The summed E-state index contributed by atoms with van der Waals surface area (Å²) < 4.78 is 5.53. The SMILES string of the molecule is Cl.Cl.N#Cc1cccc([C@@H](C2CCOCC2)N2CCNCC2)c1. The van der Waals surface area contributed by atoms with E-state index in [9.17, 15) is 5.26 Å². The lowest BCUT2D eigenvalue weighted by molar-refractivity contribution is 0.0213. The Labute approximate surface area is 151 Å². The average molecular weight is 358 g/mol. The molecular weight excluding hydrogens is 333 g/mol. The number of hydrogen-bond donors (Lipinski definition) is 1. The van der Waals surface area contributed by atoms with E-state index in [0.717, 1.165) is 57.8 Å². The number of rotatable bonds is 3. The van der Waals surface area contributed by atoms with Crippen LogP contribution in [0.5, 0.6) is 0 Å². The first-order valence-electron chi connectivity index (χ1n) is 7.91. The van der Waals surface area contributed by atoms with Crippen molar-refractivity contribution in [3.8, 4) is 6.07 Å². The lowest BCUT2D eigenvalue weighted by atomic mass is 9.85. The summed E-state index contributed by atoms with van der Waals surface area (Å²) >= 11 is 0. The van der Waals surface area contributed by atoms with Crippen molar-refractivity contribution in [3.63, 3.8) is 0 Å². The van der Waals surface area contributed by atoms with Crippen LogP contribution < -0.4 is 5.32 Å². The van der Waals surface area contributed by atoms with E-state index in [-0.39, 0.29) is 24.8 Å². The topological polar surface area (TPSA) is 48.3 Å². The minimum atomic E-state index is 0. The number of halogens is 2. The molecule has 0 aromatic heterocycles. The highest BCUT2D eigenvalue weighted by Crippen LogP contribution is 2.35. The first kappa shape index (κ1) is 20.2. The maximum atomic E-state index is 9.17. The Balaban J connectivity index is 0.00000132. The van der Waals surface area contributed by atoms with Crippen molar-refractivity contribution in [1.29, 1.82) is 5.26 Å². The number of benzene rings is 1. The van der Waals surface area contributed by atoms with E-state index in [4.69, 9.17) is 4.74 Å². The summed E-state index contributed by atoms with van der Waals surface area (Å²) in [5.41, 5.74) is 2.06. The molecule has 1 aromatic rings. The van der Waals surface area contributed by atoms with Gasteiger partial charge >= 0.3 is 0 Å². The average Bonchev–Trinajstić information content (AvgIpc) is 2.57. The fraction of sp³-hybridized carbons (Fsp3) is 0.588. The summed E-state index contributed by atoms with van der Waals surface area (Å²) in [4.78, 5) is 2.59. The molecule has 3 rings (SSSR count). The zero-order valence-corrected chi connectivity index (χ0v) is 14.9. The second-order valence-corrected chi connectivity index (χ2v) is 5.92. The zero-order valence-electron chi connectivity index (χ0n) is 13.2. The summed E-state index contributed by atoms with van der Waals surface area (Å²) in [5.74, 6) is 0.630. The van der Waals surface area contributed by atoms with Gasteiger partial charge in [-0.05, 0) is 36.5 Å². The zero-order chi connectivity index (χ0) is 14.5. The van der Waals surface area contributed by atoms with Gasteiger partial charge in [0.05, 0.1) is 11.6 Å². The first-order valence-corrected chi connectivity index (χ1v) is 7.91. The van der Waals surface area contributed by atoms with Gasteiger partial charge in [0.2, 0.25) is 0 Å². The van der Waals surface area contributed by atoms with E-state index >= 15 is 0 Å². The molecule has 0 spiro atoms. The summed E-state index contributed by atoms with van der Waals surface area (Å²) in [6.45, 7) is 6.00. The van der Waals surface area contributed by atoms with Crippen LogP contribution in [0, 0.1) is 17.2 Å². The number of hydrogen-bond acceptors (Lipinski definition) is 4. The van der Waals surface area contributed by atoms with Crippen LogP contribution in [0.4, 0.5) is 0 Å². The van der Waals surface area contributed by atoms with Crippen LogP contribution in [0.2, 0.25) is 0 Å². The molecule has 0 saturated carbocycles. The smallest absolute Gasteiger partial charge is 0.0991 e. The van der Waals surface area contributed by atoms with E-state index in [1.54, 1.807) is 0 Å². The van der Waals surface area contributed by atoms with Gasteiger partial charge in [0.25, 0.3) is 0 Å². The monoisotopic (exact) mass is 357 g/mol. The number of piperazine rings is 1. The van der Waals surface area contributed by atoms with Crippen LogP contribution in [-0.2, 0) is 4.74 Å². The van der Waals surface area contributed by atoms with Gasteiger partial charge in [-0.25, -0.2) is 0 Å². The molecule has 0 aliphatic carbocycles. The summed E-state index contributed by atoms with van der Waals surface area (Å²) in [7, 11) is 0. The van der Waals surface area contributed by atoms with Gasteiger partial charge in [-0.3, -0.25) is 4.90 Å². The van der Waals surface area contributed by atoms with Crippen LogP contribution in [-0.4, -0.2) is 44.3 Å². The van der Waals surface area contributed by atoms with Crippen molar-refractivity contribution in [1.82, 2.24) is 10.2 Å². The third kappa shape index (κ3) is 5.07. The Morgan fingerprint density at radius 1 is 1.17 bits per heavy atom. The molecule has 6 heteroatoms. The highest BCUT2D eigenvalue weighted by molar-refractivity contribution is 5.85. The second-order valence-electron chi connectivity index (χ2n) is 5.92. The third-order valence-electron chi connectivity index (χ3n) is 4.61. The minimum absolute atomic E-state index is 0. The van der Waals surface area contributed by atoms with E-state index in [1.807, 2.05) is 12.1 Å². The Kier molecular flexibility index (Phi) is 8.90. The number of nitrogens with one attached hydrogen (secondary N) is 1. The highest BCUT2D eigenvalue weighted by Gasteiger charge is 2.31. The van der Waals surface area contributed by atoms with Crippen LogP contribution in [0.3, 0.4) is 0 Å². The normalized spacial score (nSPS) is 20.7. The predicted octanol–water partition coefficient (Wildman–Crippen LogP) is 2.77. The Morgan fingerprint density at radius 3 is 2.52 bits per heavy atom. The van der Waals surface area contributed by atoms with Gasteiger partial charge in [0.1, 0.15) is 0 Å². The molecule has 1 atom stereocenters. The molecule has 2 aliphatic rings. The molecule has 0 radical (unpaired) electrons. The molecule has 2 heterocycles. The van der Waals surface area contributed by atoms with Crippen molar-refractivity contribution < 1.29 is 4.74 Å². The predicted molar refractivity (Wildman–Crippen MR) is 96.4 cm³/mol. The van der Waals surface area contributed by atoms with Crippen molar-refractivity contribution in [2.24, 2.45) is 5.92 Å². The van der Waals surface area contributed by atoms with Gasteiger partial charge in [-0.2, -0.15) is 5.26 Å². The lowest BCUT2D eigenvalue weighted by Gasteiger charge is -2.41. The molecule has 23 heavy (non-hydrogen) atoms. The molecule has 2 aliphatic heterocycles.